The highest BCUT2D eigenvalue weighted by Crippen LogP contribution is 2.48. The van der Waals surface area contributed by atoms with E-state index >= 15 is 0 Å². The van der Waals surface area contributed by atoms with Gasteiger partial charge in [-0.25, -0.2) is 0 Å². The highest BCUT2D eigenvalue weighted by molar-refractivity contribution is 6.26. The van der Waals surface area contributed by atoms with Gasteiger partial charge in [0.2, 0.25) is 0 Å². The lowest BCUT2D eigenvalue weighted by molar-refractivity contribution is -0.498. The summed E-state index contributed by atoms with van der Waals surface area (Å²) in [5.74, 6) is -1.42. The lowest BCUT2D eigenvalue weighted by Crippen LogP contribution is -2.27. The molecule has 3 aromatic carbocycles. The molecule has 1 aromatic heterocycles. The van der Waals surface area contributed by atoms with Crippen molar-refractivity contribution in [3.63, 3.8) is 0 Å². The summed E-state index contributed by atoms with van der Waals surface area (Å²) in [5, 5.41) is 47.7. The van der Waals surface area contributed by atoms with Crippen molar-refractivity contribution < 1.29 is 24.5 Å². The molecular weight excluding hydrogens is 514 g/mol. The Balaban J connectivity index is 0.000000196. The van der Waals surface area contributed by atoms with E-state index in [1.807, 2.05) is 0 Å². The van der Waals surface area contributed by atoms with Gasteiger partial charge < -0.3 is 4.98 Å². The molecule has 14 nitrogen and oxygen atoms in total. The van der Waals surface area contributed by atoms with Gasteiger partial charge in [0, 0.05) is 33.4 Å². The number of rotatable bonds is 4. The zero-order valence-corrected chi connectivity index (χ0v) is 19.4. The second-order valence-corrected chi connectivity index (χ2v) is 8.29. The van der Waals surface area contributed by atoms with Crippen molar-refractivity contribution >= 4 is 44.9 Å². The average Bonchev–Trinajstić information content (AvgIpc) is 3.47. The molecule has 0 aliphatic heterocycles. The standard InChI is InChI=1S/C13H4N4O9.C12H9N/c18-13-6-4-5-2-1-3-7(14(19)20)8(5)9(6)10(15(21)22)11(16(23)24)12(13)17(25)26;1-3-7-11-9(5-1)10-6-2-4-8-12(10)13-11/h1-4H;1-8,13H. The summed E-state index contributed by atoms with van der Waals surface area (Å²) < 4.78 is 0. The molecule has 0 unspecified atom stereocenters. The number of aromatic nitrogens is 1. The first kappa shape index (κ1) is 24.6. The zero-order chi connectivity index (χ0) is 28.0. The summed E-state index contributed by atoms with van der Waals surface area (Å²) >= 11 is 0. The molecule has 0 saturated carbocycles. The third-order valence-electron chi connectivity index (χ3n) is 6.20. The predicted molar refractivity (Wildman–Crippen MR) is 137 cm³/mol. The highest BCUT2D eigenvalue weighted by Gasteiger charge is 2.55. The fraction of sp³-hybridized carbons (Fsp3) is 0. The van der Waals surface area contributed by atoms with E-state index in [-0.39, 0.29) is 11.1 Å². The topological polar surface area (TPSA) is 205 Å². The van der Waals surface area contributed by atoms with E-state index in [4.69, 9.17) is 0 Å². The lowest BCUT2D eigenvalue weighted by atomic mass is 9.89. The van der Waals surface area contributed by atoms with Crippen LogP contribution < -0.4 is 0 Å². The molecule has 0 fully saturated rings. The van der Waals surface area contributed by atoms with Crippen molar-refractivity contribution in [1.82, 2.24) is 4.98 Å². The minimum Gasteiger partial charge on any atom is -0.355 e. The number of nitro benzene ring substituents is 1. The Kier molecular flexibility index (Phi) is 5.76. The van der Waals surface area contributed by atoms with Gasteiger partial charge in [-0.15, -0.1) is 0 Å². The Morgan fingerprint density at radius 2 is 1.13 bits per heavy atom. The maximum atomic E-state index is 12.4. The van der Waals surface area contributed by atoms with Crippen LogP contribution in [-0.4, -0.2) is 30.5 Å². The quantitative estimate of drug-likeness (QED) is 0.289. The van der Waals surface area contributed by atoms with Gasteiger partial charge in [0.1, 0.15) is 0 Å². The van der Waals surface area contributed by atoms with Crippen LogP contribution in [0, 0.1) is 40.5 Å². The second-order valence-electron chi connectivity index (χ2n) is 8.29. The van der Waals surface area contributed by atoms with Gasteiger partial charge in [-0.05, 0) is 23.8 Å². The van der Waals surface area contributed by atoms with Crippen LogP contribution in [-0.2, 0) is 4.79 Å². The number of ketones is 1. The van der Waals surface area contributed by atoms with Crippen molar-refractivity contribution in [1.29, 1.82) is 0 Å². The number of fused-ring (bicyclic) bond motifs is 6. The minimum atomic E-state index is -1.61. The van der Waals surface area contributed by atoms with Crippen LogP contribution in [0.4, 0.5) is 5.69 Å². The number of nitro groups is 4. The number of carbonyl (C=O) groups is 1. The molecule has 0 radical (unpaired) electrons. The molecule has 39 heavy (non-hydrogen) atoms. The number of Topliss-reactive ketones (excluding diaryl/α,β-unsaturated/α-hetero) is 1. The number of aromatic amines is 1. The predicted octanol–water partition coefficient (Wildman–Crippen LogP) is 4.65. The van der Waals surface area contributed by atoms with Gasteiger partial charge in [-0.2, -0.15) is 0 Å². The largest absolute Gasteiger partial charge is 0.427 e. The summed E-state index contributed by atoms with van der Waals surface area (Å²) in [5.41, 5.74) is -4.29. The van der Waals surface area contributed by atoms with E-state index in [0.717, 1.165) is 12.1 Å². The SMILES string of the molecule is O=C1C2=Cc3cccc([N+](=O)[O-])c3C2=C([N+](=O)[O-])C([N+](=O)[O-])=C1[N+](=O)[O-].c1ccc2c(c1)[nH]c1ccccc12. The average molecular weight is 527 g/mol. The first-order chi connectivity index (χ1) is 18.6. The number of hydrogen-bond donors (Lipinski definition) is 1. The van der Waals surface area contributed by atoms with E-state index in [0.29, 0.717) is 0 Å². The van der Waals surface area contributed by atoms with E-state index in [1.54, 1.807) is 0 Å². The van der Waals surface area contributed by atoms with Gasteiger partial charge in [0.05, 0.1) is 30.8 Å². The molecule has 2 aliphatic rings. The molecule has 1 heterocycles. The normalized spacial score (nSPS) is 13.9. The molecule has 2 aliphatic carbocycles. The molecule has 6 rings (SSSR count). The monoisotopic (exact) mass is 527 g/mol. The van der Waals surface area contributed by atoms with Gasteiger partial charge >= 0.3 is 17.1 Å². The number of H-pyrrole nitrogens is 1. The number of nitrogens with one attached hydrogen (secondary N) is 1. The van der Waals surface area contributed by atoms with E-state index < -0.39 is 59.4 Å². The van der Waals surface area contributed by atoms with E-state index in [1.165, 1.54) is 33.9 Å². The van der Waals surface area contributed by atoms with Gasteiger partial charge in [-0.3, -0.25) is 45.3 Å². The minimum absolute atomic E-state index is 0.0178. The molecule has 14 heteroatoms. The number of allylic oxidation sites excluding steroid dienone is 2. The Morgan fingerprint density at radius 3 is 1.64 bits per heavy atom. The number of benzene rings is 3. The van der Waals surface area contributed by atoms with E-state index in [2.05, 4.69) is 53.5 Å². The lowest BCUT2D eigenvalue weighted by Gasteiger charge is -2.11. The van der Waals surface area contributed by atoms with Gasteiger partial charge in [-0.1, -0.05) is 48.5 Å². The third kappa shape index (κ3) is 3.88. The smallest absolute Gasteiger partial charge is 0.355 e. The fourth-order valence-electron chi connectivity index (χ4n) is 4.67. The van der Waals surface area contributed by atoms with Crippen LogP contribution in [0.2, 0.25) is 0 Å². The molecule has 0 bridgehead atoms. The van der Waals surface area contributed by atoms with Gasteiger partial charge in [0.15, 0.2) is 0 Å². The molecule has 4 aromatic rings. The van der Waals surface area contributed by atoms with Crippen LogP contribution in [0.5, 0.6) is 0 Å². The highest BCUT2D eigenvalue weighted by atomic mass is 16.7. The Morgan fingerprint density at radius 1 is 0.590 bits per heavy atom. The third-order valence-corrected chi connectivity index (χ3v) is 6.20. The summed E-state index contributed by atoms with van der Waals surface area (Å²) in [6, 6.07) is 20.3. The first-order valence-corrected chi connectivity index (χ1v) is 11.0. The molecule has 0 spiro atoms. The van der Waals surface area contributed by atoms with Crippen molar-refractivity contribution in [3.05, 3.63) is 141 Å². The second kappa shape index (κ2) is 9.11. The van der Waals surface area contributed by atoms with Crippen LogP contribution in [0.1, 0.15) is 11.1 Å². The fourth-order valence-corrected chi connectivity index (χ4v) is 4.67. The maximum Gasteiger partial charge on any atom is 0.427 e. The number of para-hydroxylation sites is 2. The summed E-state index contributed by atoms with van der Waals surface area (Å²) in [7, 11) is 0. The molecule has 192 valence electrons. The molecule has 0 amide bonds. The van der Waals surface area contributed by atoms with Crippen molar-refractivity contribution in [3.8, 4) is 0 Å². The van der Waals surface area contributed by atoms with Crippen LogP contribution in [0.15, 0.2) is 89.4 Å². The molecule has 0 atom stereocenters. The Bertz CT molecular complexity index is 1850. The number of hydrogen-bond acceptors (Lipinski definition) is 9. The Labute approximate surface area is 215 Å². The number of nitrogens with zero attached hydrogens (tertiary/aromatic N) is 4. The van der Waals surface area contributed by atoms with E-state index in [9.17, 15) is 45.3 Å². The summed E-state index contributed by atoms with van der Waals surface area (Å²) in [4.78, 5) is 55.9. The molecular formula is C25H13N5O9. The molecule has 0 saturated heterocycles. The first-order valence-electron chi connectivity index (χ1n) is 11.0. The number of carbonyl (C=O) groups excluding carboxylic acids is 1. The molecule has 1 N–H and O–H groups in total. The zero-order valence-electron chi connectivity index (χ0n) is 19.4. The van der Waals surface area contributed by atoms with Crippen molar-refractivity contribution in [2.75, 3.05) is 0 Å². The van der Waals surface area contributed by atoms with Crippen molar-refractivity contribution in [2.24, 2.45) is 0 Å². The Hall–Kier alpha value is -6.05. The van der Waals surface area contributed by atoms with Crippen molar-refractivity contribution in [2.45, 2.75) is 0 Å². The van der Waals surface area contributed by atoms with Gasteiger partial charge in [0.25, 0.3) is 11.5 Å². The summed E-state index contributed by atoms with van der Waals surface area (Å²) in [6.07, 6.45) is 1.00. The maximum absolute atomic E-state index is 12.4. The van der Waals surface area contributed by atoms with Crippen LogP contribution in [0.3, 0.4) is 0 Å². The van der Waals surface area contributed by atoms with Crippen LogP contribution >= 0.6 is 0 Å². The van der Waals surface area contributed by atoms with Crippen LogP contribution in [0.25, 0.3) is 33.5 Å². The summed E-state index contributed by atoms with van der Waals surface area (Å²) in [6.45, 7) is 0.